The Balaban J connectivity index is 2.16. The van der Waals surface area contributed by atoms with Gasteiger partial charge >= 0.3 is 0 Å². The van der Waals surface area contributed by atoms with Crippen molar-refractivity contribution in [2.24, 2.45) is 5.14 Å². The molecule has 0 spiro atoms. The molecule has 1 aromatic heterocycles. The summed E-state index contributed by atoms with van der Waals surface area (Å²) in [5, 5.41) is 7.72. The fourth-order valence-corrected chi connectivity index (χ4v) is 3.05. The van der Waals surface area contributed by atoms with E-state index in [1.54, 1.807) is 0 Å². The number of thiophene rings is 1. The van der Waals surface area contributed by atoms with Gasteiger partial charge in [0.05, 0.1) is 9.77 Å². The molecular weight excluding hydrogens is 296 g/mol. The second-order valence-electron chi connectivity index (χ2n) is 4.37. The molecule has 1 aromatic carbocycles. The lowest BCUT2D eigenvalue weighted by molar-refractivity contribution is 0.103. The minimum Gasteiger partial charge on any atom is -0.321 e. The predicted octanol–water partition coefficient (Wildman–Crippen LogP) is 2.26. The number of benzene rings is 1. The van der Waals surface area contributed by atoms with E-state index in [2.05, 4.69) is 5.32 Å². The molecule has 2 rings (SSSR count). The highest BCUT2D eigenvalue weighted by molar-refractivity contribution is 7.89. The van der Waals surface area contributed by atoms with Crippen LogP contribution in [-0.2, 0) is 10.0 Å². The minimum atomic E-state index is -3.71. The van der Waals surface area contributed by atoms with Gasteiger partial charge in [0.1, 0.15) is 0 Å². The van der Waals surface area contributed by atoms with Crippen molar-refractivity contribution in [2.75, 3.05) is 5.32 Å². The van der Waals surface area contributed by atoms with Crippen LogP contribution in [0.5, 0.6) is 0 Å². The molecular formula is C13H14N2O3S2. The summed E-state index contributed by atoms with van der Waals surface area (Å²) in [4.78, 5) is 13.7. The van der Waals surface area contributed by atoms with E-state index in [1.165, 1.54) is 35.6 Å². The van der Waals surface area contributed by atoms with Crippen LogP contribution in [0.25, 0.3) is 0 Å². The van der Waals surface area contributed by atoms with Gasteiger partial charge in [-0.15, -0.1) is 11.3 Å². The summed E-state index contributed by atoms with van der Waals surface area (Å²) in [5.74, 6) is -0.213. The maximum absolute atomic E-state index is 12.0. The molecule has 0 fully saturated rings. The topological polar surface area (TPSA) is 89.3 Å². The molecule has 0 unspecified atom stereocenters. The van der Waals surface area contributed by atoms with Crippen molar-refractivity contribution in [1.29, 1.82) is 0 Å². The fourth-order valence-electron chi connectivity index (χ4n) is 1.61. The Hall–Kier alpha value is -1.70. The normalized spacial score (nSPS) is 11.3. The van der Waals surface area contributed by atoms with Crippen LogP contribution in [0, 0.1) is 13.8 Å². The van der Waals surface area contributed by atoms with Crippen LogP contribution in [0.15, 0.2) is 35.2 Å². The maximum atomic E-state index is 12.0. The summed E-state index contributed by atoms with van der Waals surface area (Å²) < 4.78 is 22.2. The van der Waals surface area contributed by atoms with Crippen molar-refractivity contribution in [2.45, 2.75) is 18.7 Å². The summed E-state index contributed by atoms with van der Waals surface area (Å²) in [6.45, 7) is 3.90. The van der Waals surface area contributed by atoms with Gasteiger partial charge in [-0.3, -0.25) is 4.79 Å². The molecule has 1 amide bonds. The van der Waals surface area contributed by atoms with Crippen LogP contribution in [0.2, 0.25) is 0 Å². The number of primary sulfonamides is 1. The minimum absolute atomic E-state index is 0.0123. The van der Waals surface area contributed by atoms with Gasteiger partial charge in [0.25, 0.3) is 5.91 Å². The Morgan fingerprint density at radius 1 is 1.20 bits per heavy atom. The zero-order valence-corrected chi connectivity index (χ0v) is 12.6. The fraction of sp³-hybridized carbons (Fsp3) is 0.154. The van der Waals surface area contributed by atoms with Crippen molar-refractivity contribution in [3.05, 3.63) is 45.6 Å². The monoisotopic (exact) mass is 310 g/mol. The Labute approximate surface area is 121 Å². The third-order valence-corrected chi connectivity index (χ3v) is 4.91. The van der Waals surface area contributed by atoms with E-state index in [0.717, 1.165) is 10.4 Å². The number of carbonyl (C=O) groups excluding carboxylic acids is 1. The summed E-state index contributed by atoms with van der Waals surface area (Å²) in [6, 6.07) is 7.55. The summed E-state index contributed by atoms with van der Waals surface area (Å²) >= 11 is 1.42. The van der Waals surface area contributed by atoms with Crippen LogP contribution >= 0.6 is 11.3 Å². The van der Waals surface area contributed by atoms with Gasteiger partial charge < -0.3 is 5.32 Å². The van der Waals surface area contributed by atoms with Crippen LogP contribution in [-0.4, -0.2) is 14.3 Å². The van der Waals surface area contributed by atoms with Crippen LogP contribution in [0.3, 0.4) is 0 Å². The molecule has 5 nitrogen and oxygen atoms in total. The van der Waals surface area contributed by atoms with Gasteiger partial charge in [-0.25, -0.2) is 13.6 Å². The molecule has 0 saturated carbocycles. The Morgan fingerprint density at radius 3 is 2.25 bits per heavy atom. The average molecular weight is 310 g/mol. The van der Waals surface area contributed by atoms with E-state index < -0.39 is 10.0 Å². The highest BCUT2D eigenvalue weighted by Gasteiger charge is 2.12. The number of anilines is 1. The number of hydrogen-bond donors (Lipinski definition) is 2. The summed E-state index contributed by atoms with van der Waals surface area (Å²) in [6.07, 6.45) is 0. The molecule has 0 aliphatic carbocycles. The number of hydrogen-bond acceptors (Lipinski definition) is 4. The SMILES string of the molecule is Cc1cc(C(=O)Nc2ccc(S(N)(=O)=O)cc2)sc1C. The maximum Gasteiger partial charge on any atom is 0.265 e. The van der Waals surface area contributed by atoms with E-state index in [-0.39, 0.29) is 10.8 Å². The van der Waals surface area contributed by atoms with E-state index >= 15 is 0 Å². The van der Waals surface area contributed by atoms with Gasteiger partial charge in [-0.05, 0) is 49.7 Å². The molecule has 0 atom stereocenters. The molecule has 2 aromatic rings. The molecule has 106 valence electrons. The molecule has 7 heteroatoms. The smallest absolute Gasteiger partial charge is 0.265 e. The molecule has 0 saturated heterocycles. The van der Waals surface area contributed by atoms with Gasteiger partial charge in [0.2, 0.25) is 10.0 Å². The quantitative estimate of drug-likeness (QED) is 0.911. The van der Waals surface area contributed by atoms with Crippen LogP contribution in [0.4, 0.5) is 5.69 Å². The molecule has 0 radical (unpaired) electrons. The van der Waals surface area contributed by atoms with E-state index in [0.29, 0.717) is 10.6 Å². The first-order chi connectivity index (χ1) is 9.27. The third-order valence-electron chi connectivity index (χ3n) is 2.83. The van der Waals surface area contributed by atoms with Crippen LogP contribution < -0.4 is 10.5 Å². The average Bonchev–Trinajstić information content (AvgIpc) is 2.69. The van der Waals surface area contributed by atoms with E-state index in [4.69, 9.17) is 5.14 Å². The zero-order valence-electron chi connectivity index (χ0n) is 11.0. The highest BCUT2D eigenvalue weighted by atomic mass is 32.2. The van der Waals surface area contributed by atoms with Gasteiger partial charge in [-0.1, -0.05) is 0 Å². The van der Waals surface area contributed by atoms with Gasteiger partial charge in [-0.2, -0.15) is 0 Å². The van der Waals surface area contributed by atoms with Crippen LogP contribution in [0.1, 0.15) is 20.1 Å². The lowest BCUT2D eigenvalue weighted by atomic mass is 10.2. The number of amides is 1. The lowest BCUT2D eigenvalue weighted by Gasteiger charge is -2.04. The number of carbonyl (C=O) groups is 1. The summed E-state index contributed by atoms with van der Waals surface area (Å²) in [5.41, 5.74) is 1.59. The summed E-state index contributed by atoms with van der Waals surface area (Å²) in [7, 11) is -3.71. The number of rotatable bonds is 3. The third kappa shape index (κ3) is 3.24. The lowest BCUT2D eigenvalue weighted by Crippen LogP contribution is -2.13. The molecule has 0 aliphatic heterocycles. The Bertz CT molecular complexity index is 727. The Kier molecular flexibility index (Phi) is 3.94. The highest BCUT2D eigenvalue weighted by Crippen LogP contribution is 2.22. The van der Waals surface area contributed by atoms with Crippen molar-refractivity contribution < 1.29 is 13.2 Å². The predicted molar refractivity (Wildman–Crippen MR) is 79.6 cm³/mol. The molecule has 0 aliphatic rings. The zero-order chi connectivity index (χ0) is 14.9. The van der Waals surface area contributed by atoms with Crippen molar-refractivity contribution in [3.8, 4) is 0 Å². The molecule has 20 heavy (non-hydrogen) atoms. The first kappa shape index (κ1) is 14.7. The van der Waals surface area contributed by atoms with Crippen molar-refractivity contribution in [1.82, 2.24) is 0 Å². The van der Waals surface area contributed by atoms with Crippen molar-refractivity contribution >= 4 is 33.0 Å². The molecule has 1 heterocycles. The van der Waals surface area contributed by atoms with E-state index in [9.17, 15) is 13.2 Å². The second kappa shape index (κ2) is 5.35. The second-order valence-corrected chi connectivity index (χ2v) is 7.19. The van der Waals surface area contributed by atoms with E-state index in [1.807, 2.05) is 19.9 Å². The standard InChI is InChI=1S/C13H14N2O3S2/c1-8-7-12(19-9(8)2)13(16)15-10-3-5-11(6-4-10)20(14,17)18/h3-7H,1-2H3,(H,15,16)(H2,14,17,18). The van der Waals surface area contributed by atoms with Crippen molar-refractivity contribution in [3.63, 3.8) is 0 Å². The number of nitrogens with two attached hydrogens (primary N) is 1. The Morgan fingerprint density at radius 2 is 1.80 bits per heavy atom. The van der Waals surface area contributed by atoms with Gasteiger partial charge in [0, 0.05) is 10.6 Å². The number of nitrogens with one attached hydrogen (secondary N) is 1. The first-order valence-corrected chi connectivity index (χ1v) is 8.15. The number of aryl methyl sites for hydroxylation is 2. The molecule has 3 N–H and O–H groups in total. The number of sulfonamides is 1. The molecule has 0 bridgehead atoms. The largest absolute Gasteiger partial charge is 0.321 e. The first-order valence-electron chi connectivity index (χ1n) is 5.78. The van der Waals surface area contributed by atoms with Gasteiger partial charge in [0.15, 0.2) is 0 Å².